The Kier molecular flexibility index (Phi) is 19.9. The molecule has 3 aromatic rings. The van der Waals surface area contributed by atoms with Gasteiger partial charge in [-0.15, -0.1) is 0 Å². The summed E-state index contributed by atoms with van der Waals surface area (Å²) >= 11 is 7.14. The Hall–Kier alpha value is -3.24. The lowest BCUT2D eigenvalue weighted by molar-refractivity contribution is 0.791. The van der Waals surface area contributed by atoms with E-state index in [-0.39, 0.29) is 0 Å². The number of nitrogens with two attached hydrogens (primary N) is 3. The number of halogens is 2. The van der Waals surface area contributed by atoms with Gasteiger partial charge in [0.2, 0.25) is 0 Å². The molecule has 3 rings (SSSR count). The molecule has 8 heteroatoms. The first-order chi connectivity index (χ1) is 18.5. The van der Waals surface area contributed by atoms with Crippen LogP contribution in [0.5, 0.6) is 0 Å². The number of rotatable bonds is 5. The number of hydrogen-bond donors (Lipinski definition) is 6. The average Bonchev–Trinajstić information content (AvgIpc) is 2.92. The number of likely N-dealkylation sites (N-methyl/N-ethyl adjacent to an activating group) is 1. The molecule has 200 valence electrons. The first-order valence-corrected chi connectivity index (χ1v) is 13.3. The standard InChI is InChI=1S/C27H24Br2N2.CH4N2.CH5N.CH3N/c1-31-12-10-25-15-23(17-27(29)19-25)8-6-21-4-2-3-20(13-21)5-7-22-14-24(9-11-30)18-26(28)16-22;2-1-3;2*1-2/h2-4,13-19,31H,9-12,30H2,1H3;1H,(H3,2,3);2H2,1H3;2H,1H2. The SMILES string of the molecule is C=N.CN.CNCCc1cc(Br)cc(C#Cc2cccc(C#Cc3cc(Br)cc(CCN)c3)c2)c1.N=CN. The quantitative estimate of drug-likeness (QED) is 0.137. The van der Waals surface area contributed by atoms with Crippen LogP contribution >= 0.6 is 31.9 Å². The van der Waals surface area contributed by atoms with Crippen LogP contribution in [0.4, 0.5) is 0 Å². The summed E-state index contributed by atoms with van der Waals surface area (Å²) in [4.78, 5) is 0. The molecule has 0 unspecified atom stereocenters. The third-order valence-electron chi connectivity index (χ3n) is 4.58. The molecule has 0 aliphatic carbocycles. The van der Waals surface area contributed by atoms with Crippen LogP contribution in [0.1, 0.15) is 33.4 Å². The molecule has 0 heterocycles. The zero-order valence-electron chi connectivity index (χ0n) is 21.9. The predicted octanol–water partition coefficient (Wildman–Crippen LogP) is 4.67. The van der Waals surface area contributed by atoms with Crippen LogP contribution in [-0.4, -0.2) is 40.2 Å². The predicted molar refractivity (Wildman–Crippen MR) is 170 cm³/mol. The fourth-order valence-electron chi connectivity index (χ4n) is 3.13. The minimum atomic E-state index is 0.624. The summed E-state index contributed by atoms with van der Waals surface area (Å²) in [6, 6.07) is 20.6. The zero-order valence-corrected chi connectivity index (χ0v) is 25.0. The van der Waals surface area contributed by atoms with Gasteiger partial charge in [0.15, 0.2) is 0 Å². The smallest absolute Gasteiger partial charge is 0.0765 e. The fraction of sp³-hybridized carbons (Fsp3) is 0.200. The first kappa shape index (κ1) is 34.8. The minimum absolute atomic E-state index is 0.624. The van der Waals surface area contributed by atoms with E-state index in [9.17, 15) is 0 Å². The Morgan fingerprint density at radius 2 is 1.21 bits per heavy atom. The molecule has 3 aromatic carbocycles. The second-order valence-corrected chi connectivity index (χ2v) is 9.17. The van der Waals surface area contributed by atoms with E-state index in [0.29, 0.717) is 6.54 Å². The maximum Gasteiger partial charge on any atom is 0.0765 e. The van der Waals surface area contributed by atoms with Crippen LogP contribution in [0, 0.1) is 34.5 Å². The van der Waals surface area contributed by atoms with Crippen molar-refractivity contribution in [3.63, 3.8) is 0 Å². The highest BCUT2D eigenvalue weighted by Crippen LogP contribution is 2.17. The molecule has 0 aliphatic heterocycles. The fourth-order valence-corrected chi connectivity index (χ4v) is 4.21. The van der Waals surface area contributed by atoms with Crippen molar-refractivity contribution in [2.75, 3.05) is 27.2 Å². The van der Waals surface area contributed by atoms with Crippen molar-refractivity contribution in [2.45, 2.75) is 12.8 Å². The van der Waals surface area contributed by atoms with Crippen LogP contribution in [0.2, 0.25) is 0 Å². The van der Waals surface area contributed by atoms with Gasteiger partial charge in [-0.25, -0.2) is 0 Å². The molecule has 0 radical (unpaired) electrons. The summed E-state index contributed by atoms with van der Waals surface area (Å²) in [5.74, 6) is 13.1. The maximum absolute atomic E-state index is 5.86. The summed E-state index contributed by atoms with van der Waals surface area (Å²) in [6.07, 6.45) is 2.56. The second-order valence-electron chi connectivity index (χ2n) is 7.34. The van der Waals surface area contributed by atoms with Crippen molar-refractivity contribution < 1.29 is 0 Å². The maximum atomic E-state index is 5.86. The first-order valence-electron chi connectivity index (χ1n) is 11.7. The molecule has 9 N–H and O–H groups in total. The van der Waals surface area contributed by atoms with Gasteiger partial charge in [0, 0.05) is 31.2 Å². The van der Waals surface area contributed by atoms with Crippen LogP contribution in [0.25, 0.3) is 0 Å². The Morgan fingerprint density at radius 3 is 1.63 bits per heavy atom. The molecule has 0 saturated carbocycles. The highest BCUT2D eigenvalue weighted by atomic mass is 79.9. The van der Waals surface area contributed by atoms with Crippen LogP contribution in [0.3, 0.4) is 0 Å². The molecular weight excluding hydrogens is 604 g/mol. The Balaban J connectivity index is 0.00000179. The largest absolute Gasteiger partial charge is 0.390 e. The van der Waals surface area contributed by atoms with Crippen molar-refractivity contribution in [1.82, 2.24) is 5.32 Å². The van der Waals surface area contributed by atoms with Gasteiger partial charge >= 0.3 is 0 Å². The van der Waals surface area contributed by atoms with E-state index in [0.717, 1.165) is 56.9 Å². The lowest BCUT2D eigenvalue weighted by atomic mass is 10.1. The second kappa shape index (κ2) is 21.8. The van der Waals surface area contributed by atoms with E-state index in [1.54, 1.807) is 0 Å². The van der Waals surface area contributed by atoms with Gasteiger partial charge in [0.05, 0.1) is 6.34 Å². The average molecular weight is 640 g/mol. The van der Waals surface area contributed by atoms with Gasteiger partial charge in [-0.3, -0.25) is 5.41 Å². The molecule has 0 amide bonds. The van der Waals surface area contributed by atoms with Crippen molar-refractivity contribution >= 4 is 44.9 Å². The minimum Gasteiger partial charge on any atom is -0.390 e. The molecular formula is C30H36Br2N6. The van der Waals surface area contributed by atoms with Crippen LogP contribution in [-0.2, 0) is 12.8 Å². The van der Waals surface area contributed by atoms with Gasteiger partial charge in [0.1, 0.15) is 0 Å². The van der Waals surface area contributed by atoms with Gasteiger partial charge < -0.3 is 27.9 Å². The number of nitrogens with one attached hydrogen (secondary N) is 3. The Bertz CT molecular complexity index is 1250. The van der Waals surface area contributed by atoms with Gasteiger partial charge in [0.25, 0.3) is 0 Å². The molecule has 6 nitrogen and oxygen atoms in total. The van der Waals surface area contributed by atoms with E-state index in [2.05, 4.69) is 103 Å². The topological polar surface area (TPSA) is 138 Å². The molecule has 0 bridgehead atoms. The summed E-state index contributed by atoms with van der Waals surface area (Å²) in [5.41, 5.74) is 20.9. The van der Waals surface area contributed by atoms with Crippen molar-refractivity contribution in [3.8, 4) is 23.7 Å². The number of hydrogen-bond acceptors (Lipinski definition) is 5. The monoisotopic (exact) mass is 638 g/mol. The van der Waals surface area contributed by atoms with E-state index in [4.69, 9.17) is 16.6 Å². The van der Waals surface area contributed by atoms with E-state index < -0.39 is 0 Å². The van der Waals surface area contributed by atoms with Gasteiger partial charge in [-0.2, -0.15) is 0 Å². The van der Waals surface area contributed by atoms with Crippen molar-refractivity contribution in [3.05, 3.63) is 103 Å². The zero-order chi connectivity index (χ0) is 28.8. The molecule has 0 spiro atoms. The lowest BCUT2D eigenvalue weighted by Crippen LogP contribution is -2.10. The summed E-state index contributed by atoms with van der Waals surface area (Å²) < 4.78 is 2.07. The lowest BCUT2D eigenvalue weighted by Gasteiger charge is -2.03. The number of benzene rings is 3. The Morgan fingerprint density at radius 1 is 0.789 bits per heavy atom. The normalized spacial score (nSPS) is 8.79. The Labute approximate surface area is 244 Å². The molecule has 0 aromatic heterocycles. The van der Waals surface area contributed by atoms with Crippen molar-refractivity contribution in [2.24, 2.45) is 17.2 Å². The van der Waals surface area contributed by atoms with Crippen LogP contribution < -0.4 is 22.5 Å². The van der Waals surface area contributed by atoms with Crippen molar-refractivity contribution in [1.29, 1.82) is 10.8 Å². The van der Waals surface area contributed by atoms with Gasteiger partial charge in [-0.05, 0) is 112 Å². The molecule has 38 heavy (non-hydrogen) atoms. The van der Waals surface area contributed by atoms with Gasteiger partial charge in [-0.1, -0.05) is 61.6 Å². The molecule has 0 fully saturated rings. The summed E-state index contributed by atoms with van der Waals surface area (Å²) in [7, 11) is 3.46. The van der Waals surface area contributed by atoms with E-state index in [1.807, 2.05) is 43.4 Å². The van der Waals surface area contributed by atoms with E-state index >= 15 is 0 Å². The molecule has 0 atom stereocenters. The third kappa shape index (κ3) is 14.5. The molecule has 0 aliphatic rings. The third-order valence-corrected chi connectivity index (χ3v) is 5.49. The molecule has 0 saturated heterocycles. The summed E-state index contributed by atoms with van der Waals surface area (Å²) in [5, 5.41) is 14.5. The summed E-state index contributed by atoms with van der Waals surface area (Å²) in [6.45, 7) is 4.06. The van der Waals surface area contributed by atoms with Crippen LogP contribution in [0.15, 0.2) is 69.6 Å². The highest BCUT2D eigenvalue weighted by Gasteiger charge is 1.99. The highest BCUT2D eigenvalue weighted by molar-refractivity contribution is 9.10. The van der Waals surface area contributed by atoms with E-state index in [1.165, 1.54) is 18.2 Å².